The van der Waals surface area contributed by atoms with E-state index < -0.39 is 0 Å². The van der Waals surface area contributed by atoms with Crippen molar-refractivity contribution in [1.82, 2.24) is 10.3 Å². The van der Waals surface area contributed by atoms with Gasteiger partial charge in [-0.3, -0.25) is 4.79 Å². The first-order valence-corrected chi connectivity index (χ1v) is 7.43. The number of aromatic nitrogens is 1. The molecule has 1 heterocycles. The summed E-state index contributed by atoms with van der Waals surface area (Å²) in [6.07, 6.45) is 0.730. The summed E-state index contributed by atoms with van der Waals surface area (Å²) in [7, 11) is 0. The minimum Gasteiger partial charge on any atom is -0.347 e. The molecule has 5 heteroatoms. The van der Waals surface area contributed by atoms with Crippen molar-refractivity contribution >= 4 is 28.8 Å². The molecule has 1 N–H and O–H groups in total. The smallest absolute Gasteiger partial charge is 0.263 e. The Balaban J connectivity index is 2.00. The number of rotatable bonds is 5. The van der Waals surface area contributed by atoms with Crippen LogP contribution in [-0.2, 0) is 6.42 Å². The van der Waals surface area contributed by atoms with Crippen molar-refractivity contribution < 1.29 is 4.79 Å². The second kappa shape index (κ2) is 6.68. The number of hydrogen-bond donors (Lipinski definition) is 1. The minimum atomic E-state index is -0.0958. The van der Waals surface area contributed by atoms with E-state index in [-0.39, 0.29) is 11.9 Å². The van der Waals surface area contributed by atoms with Crippen LogP contribution in [0.3, 0.4) is 0 Å². The molecule has 1 amide bonds. The van der Waals surface area contributed by atoms with E-state index in [1.54, 1.807) is 5.51 Å². The molecule has 1 aromatic heterocycles. The summed E-state index contributed by atoms with van der Waals surface area (Å²) >= 11 is 7.29. The van der Waals surface area contributed by atoms with Gasteiger partial charge in [-0.05, 0) is 18.9 Å². The third-order valence-corrected chi connectivity index (χ3v) is 4.10. The van der Waals surface area contributed by atoms with E-state index in [2.05, 4.69) is 10.3 Å². The number of hydrogen-bond acceptors (Lipinski definition) is 3. The largest absolute Gasteiger partial charge is 0.347 e. The van der Waals surface area contributed by atoms with Crippen LogP contribution in [0.2, 0.25) is 0 Å². The van der Waals surface area contributed by atoms with Crippen molar-refractivity contribution in [2.24, 2.45) is 0 Å². The highest BCUT2D eigenvalue weighted by Gasteiger charge is 2.16. The average molecular weight is 295 g/mol. The number of carbonyl (C=O) groups excluding carboxylic acids is 1. The van der Waals surface area contributed by atoms with Gasteiger partial charge in [0.2, 0.25) is 0 Å². The maximum absolute atomic E-state index is 12.1. The summed E-state index contributed by atoms with van der Waals surface area (Å²) in [6.45, 7) is 1.83. The van der Waals surface area contributed by atoms with E-state index in [1.807, 2.05) is 37.3 Å². The summed E-state index contributed by atoms with van der Waals surface area (Å²) in [5.74, 6) is 0.292. The van der Waals surface area contributed by atoms with Gasteiger partial charge in [0.25, 0.3) is 5.91 Å². The molecule has 0 saturated carbocycles. The molecule has 0 bridgehead atoms. The topological polar surface area (TPSA) is 42.0 Å². The number of amides is 1. The molecule has 0 aliphatic rings. The fourth-order valence-corrected chi connectivity index (χ4v) is 2.71. The summed E-state index contributed by atoms with van der Waals surface area (Å²) in [4.78, 5) is 16.8. The number of benzene rings is 1. The van der Waals surface area contributed by atoms with Crippen LogP contribution in [-0.4, -0.2) is 22.8 Å². The lowest BCUT2D eigenvalue weighted by Gasteiger charge is -2.15. The predicted molar refractivity (Wildman–Crippen MR) is 79.0 cm³/mol. The Morgan fingerprint density at radius 2 is 2.16 bits per heavy atom. The lowest BCUT2D eigenvalue weighted by Crippen LogP contribution is -2.37. The van der Waals surface area contributed by atoms with Crippen LogP contribution in [0.4, 0.5) is 0 Å². The molecule has 2 rings (SSSR count). The fourth-order valence-electron chi connectivity index (χ4n) is 1.81. The van der Waals surface area contributed by atoms with Crippen molar-refractivity contribution in [3.8, 4) is 0 Å². The molecule has 0 saturated heterocycles. The highest BCUT2D eigenvalue weighted by Crippen LogP contribution is 2.13. The number of thiazole rings is 1. The maximum Gasteiger partial charge on any atom is 0.263 e. The molecular formula is C14H15ClN2OS. The molecular weight excluding hydrogens is 280 g/mol. The van der Waals surface area contributed by atoms with Gasteiger partial charge in [0.15, 0.2) is 0 Å². The Bertz CT molecular complexity index is 541. The van der Waals surface area contributed by atoms with E-state index in [4.69, 9.17) is 11.6 Å². The van der Waals surface area contributed by atoms with Gasteiger partial charge in [-0.25, -0.2) is 4.98 Å². The van der Waals surface area contributed by atoms with E-state index >= 15 is 0 Å². The number of nitrogens with one attached hydrogen (secondary N) is 1. The SMILES string of the molecule is Cc1ncsc1C(=O)NC(CCl)Cc1ccccc1. The van der Waals surface area contributed by atoms with Gasteiger partial charge < -0.3 is 5.32 Å². The molecule has 0 aliphatic carbocycles. The average Bonchev–Trinajstić information content (AvgIpc) is 2.85. The van der Waals surface area contributed by atoms with Crippen molar-refractivity contribution in [2.45, 2.75) is 19.4 Å². The molecule has 3 nitrogen and oxygen atoms in total. The first kappa shape index (κ1) is 14.0. The molecule has 0 aliphatic heterocycles. The molecule has 1 atom stereocenters. The lowest BCUT2D eigenvalue weighted by molar-refractivity contribution is 0.0944. The first-order chi connectivity index (χ1) is 9.20. The molecule has 100 valence electrons. The third-order valence-electron chi connectivity index (χ3n) is 2.80. The summed E-state index contributed by atoms with van der Waals surface area (Å²) in [5, 5.41) is 2.96. The van der Waals surface area contributed by atoms with E-state index in [0.717, 1.165) is 17.7 Å². The number of nitrogens with zero attached hydrogens (tertiary/aromatic N) is 1. The van der Waals surface area contributed by atoms with Gasteiger partial charge in [-0.15, -0.1) is 22.9 Å². The highest BCUT2D eigenvalue weighted by atomic mass is 35.5. The van der Waals surface area contributed by atoms with Crippen LogP contribution in [0.5, 0.6) is 0 Å². The predicted octanol–water partition coefficient (Wildman–Crippen LogP) is 3.03. The Kier molecular flexibility index (Phi) is 4.93. The van der Waals surface area contributed by atoms with Crippen molar-refractivity contribution in [3.05, 3.63) is 52.0 Å². The van der Waals surface area contributed by atoms with Crippen LogP contribution in [0.1, 0.15) is 20.9 Å². The third kappa shape index (κ3) is 3.78. The van der Waals surface area contributed by atoms with Gasteiger partial charge in [0.1, 0.15) is 4.88 Å². The van der Waals surface area contributed by atoms with Gasteiger partial charge in [0, 0.05) is 11.9 Å². The fraction of sp³-hybridized carbons (Fsp3) is 0.286. The van der Waals surface area contributed by atoms with E-state index in [9.17, 15) is 4.79 Å². The summed E-state index contributed by atoms with van der Waals surface area (Å²) in [6, 6.07) is 9.93. The van der Waals surface area contributed by atoms with Gasteiger partial charge >= 0.3 is 0 Å². The summed E-state index contributed by atoms with van der Waals surface area (Å²) in [5.41, 5.74) is 3.60. The minimum absolute atomic E-state index is 0.0712. The Hall–Kier alpha value is -1.39. The van der Waals surface area contributed by atoms with Crippen LogP contribution in [0.25, 0.3) is 0 Å². The molecule has 0 fully saturated rings. The Labute approximate surface area is 121 Å². The van der Waals surface area contributed by atoms with Gasteiger partial charge in [-0.2, -0.15) is 0 Å². The second-order valence-corrected chi connectivity index (χ2v) is 5.44. The monoisotopic (exact) mass is 294 g/mol. The standard InChI is InChI=1S/C14H15ClN2OS/c1-10-13(19-9-16-10)14(18)17-12(8-15)7-11-5-3-2-4-6-11/h2-6,9,12H,7-8H2,1H3,(H,17,18). The van der Waals surface area contributed by atoms with Crippen LogP contribution in [0, 0.1) is 6.92 Å². The van der Waals surface area contributed by atoms with Crippen molar-refractivity contribution in [3.63, 3.8) is 0 Å². The Morgan fingerprint density at radius 3 is 2.74 bits per heavy atom. The van der Waals surface area contributed by atoms with Gasteiger partial charge in [0.05, 0.1) is 11.2 Å². The zero-order chi connectivity index (χ0) is 13.7. The first-order valence-electron chi connectivity index (χ1n) is 6.01. The Morgan fingerprint density at radius 1 is 1.42 bits per heavy atom. The molecule has 0 radical (unpaired) electrons. The quantitative estimate of drug-likeness (QED) is 0.861. The van der Waals surface area contributed by atoms with Crippen LogP contribution >= 0.6 is 22.9 Å². The number of halogens is 1. The van der Waals surface area contributed by atoms with Gasteiger partial charge in [-0.1, -0.05) is 30.3 Å². The molecule has 1 unspecified atom stereocenters. The van der Waals surface area contributed by atoms with Crippen molar-refractivity contribution in [1.29, 1.82) is 0 Å². The lowest BCUT2D eigenvalue weighted by atomic mass is 10.1. The van der Waals surface area contributed by atoms with Crippen molar-refractivity contribution in [2.75, 3.05) is 5.88 Å². The molecule has 19 heavy (non-hydrogen) atoms. The number of alkyl halides is 1. The zero-order valence-electron chi connectivity index (χ0n) is 10.6. The second-order valence-electron chi connectivity index (χ2n) is 4.28. The highest BCUT2D eigenvalue weighted by molar-refractivity contribution is 7.11. The number of aryl methyl sites for hydroxylation is 1. The molecule has 2 aromatic rings. The van der Waals surface area contributed by atoms with Crippen LogP contribution in [0.15, 0.2) is 35.8 Å². The zero-order valence-corrected chi connectivity index (χ0v) is 12.2. The number of carbonyl (C=O) groups is 1. The van der Waals surface area contributed by atoms with Crippen LogP contribution < -0.4 is 5.32 Å². The normalized spacial score (nSPS) is 12.1. The molecule has 0 spiro atoms. The summed E-state index contributed by atoms with van der Waals surface area (Å²) < 4.78 is 0. The molecule has 1 aromatic carbocycles. The maximum atomic E-state index is 12.1. The van der Waals surface area contributed by atoms with E-state index in [1.165, 1.54) is 11.3 Å². The van der Waals surface area contributed by atoms with E-state index in [0.29, 0.717) is 10.8 Å².